The summed E-state index contributed by atoms with van der Waals surface area (Å²) < 4.78 is 1.90. The highest BCUT2D eigenvalue weighted by Crippen LogP contribution is 2.28. The molecule has 0 bridgehead atoms. The van der Waals surface area contributed by atoms with Crippen molar-refractivity contribution in [3.63, 3.8) is 0 Å². The van der Waals surface area contributed by atoms with E-state index in [0.29, 0.717) is 16.6 Å². The summed E-state index contributed by atoms with van der Waals surface area (Å²) in [6, 6.07) is 3.51. The van der Waals surface area contributed by atoms with Gasteiger partial charge in [0.15, 0.2) is 0 Å². The van der Waals surface area contributed by atoms with Gasteiger partial charge in [-0.25, -0.2) is 4.98 Å². The Labute approximate surface area is 116 Å². The van der Waals surface area contributed by atoms with Gasteiger partial charge in [-0.3, -0.25) is 0 Å². The summed E-state index contributed by atoms with van der Waals surface area (Å²) in [5, 5.41) is 11.1. The minimum Gasteiger partial charge on any atom is -0.391 e. The number of hydrogen-bond acceptors (Lipinski definition) is 2. The van der Waals surface area contributed by atoms with Gasteiger partial charge >= 0.3 is 0 Å². The van der Waals surface area contributed by atoms with Crippen molar-refractivity contribution < 1.29 is 5.11 Å². The van der Waals surface area contributed by atoms with Gasteiger partial charge in [0, 0.05) is 0 Å². The molecule has 0 amide bonds. The molecule has 3 nitrogen and oxygen atoms in total. The maximum atomic E-state index is 10.1. The fourth-order valence-corrected chi connectivity index (χ4v) is 1.97. The highest BCUT2D eigenvalue weighted by atomic mass is 35.5. The lowest BCUT2D eigenvalue weighted by Crippen LogP contribution is -2.30. The molecule has 1 N–H and O–H groups in total. The Morgan fingerprint density at radius 2 is 1.89 bits per heavy atom. The second-order valence-electron chi connectivity index (χ2n) is 5.53. The highest BCUT2D eigenvalue weighted by molar-refractivity contribution is 6.42. The van der Waals surface area contributed by atoms with Gasteiger partial charge in [0.05, 0.1) is 40.1 Å². The summed E-state index contributed by atoms with van der Waals surface area (Å²) in [4.78, 5) is 4.26. The van der Waals surface area contributed by atoms with E-state index in [-0.39, 0.29) is 5.41 Å². The molecule has 0 aliphatic carbocycles. The average molecular weight is 287 g/mol. The van der Waals surface area contributed by atoms with Crippen molar-refractivity contribution in [2.75, 3.05) is 0 Å². The SMILES string of the molecule is CC(C)(C)C(O)Cn1cnc2cc(Cl)c(Cl)cc21. The third-order valence-electron chi connectivity index (χ3n) is 3.03. The van der Waals surface area contributed by atoms with Crippen molar-refractivity contribution in [3.05, 3.63) is 28.5 Å². The van der Waals surface area contributed by atoms with Crippen molar-refractivity contribution in [2.45, 2.75) is 33.4 Å². The summed E-state index contributed by atoms with van der Waals surface area (Å²) in [6.45, 7) is 6.49. The number of aliphatic hydroxyl groups is 1. The normalized spacial score (nSPS) is 14.1. The fraction of sp³-hybridized carbons (Fsp3) is 0.462. The summed E-state index contributed by atoms with van der Waals surface area (Å²) in [5.74, 6) is 0. The van der Waals surface area contributed by atoms with Gasteiger partial charge < -0.3 is 9.67 Å². The summed E-state index contributed by atoms with van der Waals surface area (Å²) >= 11 is 12.0. The standard InChI is InChI=1S/C13H16Cl2N2O/c1-13(2,3)12(18)6-17-7-16-10-4-8(14)9(15)5-11(10)17/h4-5,7,12,18H,6H2,1-3H3. The quantitative estimate of drug-likeness (QED) is 0.913. The van der Waals surface area contributed by atoms with Crippen LogP contribution in [-0.4, -0.2) is 20.8 Å². The first-order valence-electron chi connectivity index (χ1n) is 5.77. The fourth-order valence-electron chi connectivity index (χ4n) is 1.66. The molecule has 18 heavy (non-hydrogen) atoms. The van der Waals surface area contributed by atoms with Crippen LogP contribution in [0.2, 0.25) is 10.0 Å². The lowest BCUT2D eigenvalue weighted by atomic mass is 9.89. The van der Waals surface area contributed by atoms with Crippen LogP contribution in [0, 0.1) is 5.41 Å². The molecule has 0 saturated carbocycles. The zero-order valence-corrected chi connectivity index (χ0v) is 12.1. The highest BCUT2D eigenvalue weighted by Gasteiger charge is 2.23. The number of aromatic nitrogens is 2. The second-order valence-corrected chi connectivity index (χ2v) is 6.35. The number of aliphatic hydroxyl groups excluding tert-OH is 1. The zero-order valence-electron chi connectivity index (χ0n) is 10.6. The van der Waals surface area contributed by atoms with Gasteiger partial charge in [0.2, 0.25) is 0 Å². The molecule has 98 valence electrons. The van der Waals surface area contributed by atoms with Crippen molar-refractivity contribution in [1.29, 1.82) is 0 Å². The van der Waals surface area contributed by atoms with Crippen molar-refractivity contribution in [1.82, 2.24) is 9.55 Å². The lowest BCUT2D eigenvalue weighted by molar-refractivity contribution is 0.0490. The smallest absolute Gasteiger partial charge is 0.0959 e. The maximum Gasteiger partial charge on any atom is 0.0959 e. The van der Waals surface area contributed by atoms with Crippen LogP contribution in [0.3, 0.4) is 0 Å². The number of benzene rings is 1. The molecule has 0 fully saturated rings. The van der Waals surface area contributed by atoms with Crippen LogP contribution in [0.25, 0.3) is 11.0 Å². The van der Waals surface area contributed by atoms with Crippen molar-refractivity contribution in [3.8, 4) is 0 Å². The first-order chi connectivity index (χ1) is 8.29. The molecule has 0 spiro atoms. The first-order valence-corrected chi connectivity index (χ1v) is 6.52. The van der Waals surface area contributed by atoms with Crippen LogP contribution >= 0.6 is 23.2 Å². The predicted octanol–water partition coefficient (Wildman–Crippen LogP) is 3.75. The van der Waals surface area contributed by atoms with Crippen LogP contribution in [0.1, 0.15) is 20.8 Å². The Balaban J connectivity index is 2.38. The summed E-state index contributed by atoms with van der Waals surface area (Å²) in [6.07, 6.45) is 1.25. The molecule has 2 rings (SSSR count). The van der Waals surface area contributed by atoms with E-state index >= 15 is 0 Å². The lowest BCUT2D eigenvalue weighted by Gasteiger charge is -2.26. The van der Waals surface area contributed by atoms with Crippen LogP contribution in [0.4, 0.5) is 0 Å². The number of fused-ring (bicyclic) bond motifs is 1. The number of halogens is 2. The van der Waals surface area contributed by atoms with Gasteiger partial charge in [-0.1, -0.05) is 44.0 Å². The monoisotopic (exact) mass is 286 g/mol. The van der Waals surface area contributed by atoms with Crippen molar-refractivity contribution >= 4 is 34.2 Å². The van der Waals surface area contributed by atoms with E-state index in [1.54, 1.807) is 18.5 Å². The van der Waals surface area contributed by atoms with E-state index in [1.165, 1.54) is 0 Å². The third-order valence-corrected chi connectivity index (χ3v) is 3.75. The zero-order chi connectivity index (χ0) is 13.5. The van der Waals surface area contributed by atoms with Crippen LogP contribution in [-0.2, 0) is 6.54 Å². The van der Waals surface area contributed by atoms with E-state index in [9.17, 15) is 5.11 Å². The molecule has 0 aliphatic rings. The minimum absolute atomic E-state index is 0.174. The summed E-state index contributed by atoms with van der Waals surface area (Å²) in [5.41, 5.74) is 1.49. The van der Waals surface area contributed by atoms with E-state index in [4.69, 9.17) is 23.2 Å². The predicted molar refractivity (Wildman–Crippen MR) is 75.2 cm³/mol. The first kappa shape index (κ1) is 13.7. The average Bonchev–Trinajstić information content (AvgIpc) is 2.61. The molecule has 5 heteroatoms. The van der Waals surface area contributed by atoms with Crippen LogP contribution in [0.15, 0.2) is 18.5 Å². The molecule has 1 heterocycles. The maximum absolute atomic E-state index is 10.1. The molecule has 1 aromatic heterocycles. The van der Waals surface area contributed by atoms with Crippen LogP contribution in [0.5, 0.6) is 0 Å². The van der Waals surface area contributed by atoms with E-state index < -0.39 is 6.10 Å². The molecular formula is C13H16Cl2N2O. The summed E-state index contributed by atoms with van der Waals surface area (Å²) in [7, 11) is 0. The van der Waals surface area contributed by atoms with Gasteiger partial charge in [-0.05, 0) is 17.5 Å². The molecule has 0 radical (unpaired) electrons. The third kappa shape index (κ3) is 2.63. The van der Waals surface area contributed by atoms with E-state index in [2.05, 4.69) is 4.98 Å². The molecule has 2 aromatic rings. The molecule has 1 aromatic carbocycles. The Morgan fingerprint density at radius 3 is 2.50 bits per heavy atom. The second kappa shape index (κ2) is 4.72. The topological polar surface area (TPSA) is 38.0 Å². The molecular weight excluding hydrogens is 271 g/mol. The molecule has 0 saturated heterocycles. The molecule has 1 atom stereocenters. The van der Waals surface area contributed by atoms with Gasteiger partial charge in [-0.15, -0.1) is 0 Å². The Kier molecular flexibility index (Phi) is 3.58. The van der Waals surface area contributed by atoms with Crippen molar-refractivity contribution in [2.24, 2.45) is 5.41 Å². The molecule has 0 aliphatic heterocycles. The number of nitrogens with zero attached hydrogens (tertiary/aromatic N) is 2. The van der Waals surface area contributed by atoms with Gasteiger partial charge in [0.1, 0.15) is 0 Å². The number of imidazole rings is 1. The van der Waals surface area contributed by atoms with E-state index in [1.807, 2.05) is 25.3 Å². The Hall–Kier alpha value is -0.770. The van der Waals surface area contributed by atoms with Gasteiger partial charge in [-0.2, -0.15) is 0 Å². The Bertz CT molecular complexity index is 572. The molecule has 1 unspecified atom stereocenters. The largest absolute Gasteiger partial charge is 0.391 e. The number of rotatable bonds is 2. The Morgan fingerprint density at radius 1 is 1.28 bits per heavy atom. The van der Waals surface area contributed by atoms with Crippen LogP contribution < -0.4 is 0 Å². The van der Waals surface area contributed by atoms with Gasteiger partial charge in [0.25, 0.3) is 0 Å². The number of hydrogen-bond donors (Lipinski definition) is 1. The minimum atomic E-state index is -0.454. The van der Waals surface area contributed by atoms with E-state index in [0.717, 1.165) is 11.0 Å².